The smallest absolute Gasteiger partial charge is 0.251 e. The van der Waals surface area contributed by atoms with Crippen molar-refractivity contribution in [2.24, 2.45) is 4.99 Å². The first-order valence-corrected chi connectivity index (χ1v) is 12.4. The van der Waals surface area contributed by atoms with Gasteiger partial charge in [0.1, 0.15) is 0 Å². The monoisotopic (exact) mass is 435 g/mol. The second-order valence-corrected chi connectivity index (χ2v) is 9.75. The first-order valence-electron chi connectivity index (χ1n) is 11.6. The molecule has 0 aliphatic carbocycles. The summed E-state index contributed by atoms with van der Waals surface area (Å²) in [4.78, 5) is 22.6. The van der Waals surface area contributed by atoms with E-state index >= 15 is 0 Å². The van der Waals surface area contributed by atoms with E-state index in [2.05, 4.69) is 55.3 Å². The minimum absolute atomic E-state index is 0.0115. The third-order valence-electron chi connectivity index (χ3n) is 6.48. The van der Waals surface area contributed by atoms with E-state index in [1.165, 1.54) is 29.7 Å². The SMILES string of the molecule is CCC1=Nc2cc(C(=O)NCCCN3[C@@H](C)CCC[C@@H]3C)ccc2Sc2ccccc21. The average Bonchev–Trinajstić information content (AvgIpc) is 2.93. The number of fused-ring (bicyclic) bond motifs is 2. The second kappa shape index (κ2) is 10.0. The number of piperidine rings is 1. The fourth-order valence-electron chi connectivity index (χ4n) is 4.70. The van der Waals surface area contributed by atoms with Gasteiger partial charge in [0, 0.05) is 51.8 Å². The Labute approximate surface area is 190 Å². The van der Waals surface area contributed by atoms with E-state index < -0.39 is 0 Å². The molecule has 0 saturated carbocycles. The largest absolute Gasteiger partial charge is 0.352 e. The van der Waals surface area contributed by atoms with Gasteiger partial charge in [0.25, 0.3) is 5.91 Å². The molecular formula is C26H33N3OS. The van der Waals surface area contributed by atoms with Gasteiger partial charge in [0.05, 0.1) is 5.69 Å². The number of hydrogen-bond acceptors (Lipinski definition) is 4. The molecule has 2 atom stereocenters. The molecule has 164 valence electrons. The molecule has 2 aromatic carbocycles. The first kappa shape index (κ1) is 22.1. The molecule has 4 rings (SSSR count). The Balaban J connectivity index is 1.40. The van der Waals surface area contributed by atoms with Crippen molar-refractivity contribution < 1.29 is 4.79 Å². The average molecular weight is 436 g/mol. The number of carbonyl (C=O) groups excluding carboxylic acids is 1. The molecule has 5 heteroatoms. The Morgan fingerprint density at radius 2 is 1.90 bits per heavy atom. The molecule has 0 unspecified atom stereocenters. The molecule has 2 heterocycles. The highest BCUT2D eigenvalue weighted by Gasteiger charge is 2.24. The van der Waals surface area contributed by atoms with Crippen molar-refractivity contribution in [2.45, 2.75) is 74.7 Å². The number of aliphatic imine (C=N–C) groups is 1. The zero-order chi connectivity index (χ0) is 21.8. The quantitative estimate of drug-likeness (QED) is 0.561. The van der Waals surface area contributed by atoms with Crippen molar-refractivity contribution in [2.75, 3.05) is 13.1 Å². The molecule has 1 N–H and O–H groups in total. The third kappa shape index (κ3) is 5.04. The second-order valence-electron chi connectivity index (χ2n) is 8.67. The Morgan fingerprint density at radius 3 is 2.68 bits per heavy atom. The number of benzene rings is 2. The van der Waals surface area contributed by atoms with Crippen molar-refractivity contribution in [3.8, 4) is 0 Å². The van der Waals surface area contributed by atoms with Crippen LogP contribution < -0.4 is 5.32 Å². The lowest BCUT2D eigenvalue weighted by Gasteiger charge is -2.39. The normalized spacial score (nSPS) is 20.9. The van der Waals surface area contributed by atoms with Gasteiger partial charge in [-0.15, -0.1) is 0 Å². The number of likely N-dealkylation sites (tertiary alicyclic amines) is 1. The van der Waals surface area contributed by atoms with Crippen LogP contribution in [0.2, 0.25) is 0 Å². The molecule has 2 aromatic rings. The van der Waals surface area contributed by atoms with E-state index in [9.17, 15) is 4.79 Å². The van der Waals surface area contributed by atoms with E-state index in [0.717, 1.165) is 35.7 Å². The van der Waals surface area contributed by atoms with Crippen LogP contribution >= 0.6 is 11.8 Å². The van der Waals surface area contributed by atoms with E-state index in [0.29, 0.717) is 24.2 Å². The minimum atomic E-state index is -0.0115. The number of carbonyl (C=O) groups is 1. The van der Waals surface area contributed by atoms with Crippen LogP contribution in [0.15, 0.2) is 57.2 Å². The van der Waals surface area contributed by atoms with Crippen molar-refractivity contribution in [3.05, 3.63) is 53.6 Å². The van der Waals surface area contributed by atoms with Crippen LogP contribution in [0.4, 0.5) is 5.69 Å². The highest BCUT2D eigenvalue weighted by atomic mass is 32.2. The highest BCUT2D eigenvalue weighted by molar-refractivity contribution is 7.99. The predicted molar refractivity (Wildman–Crippen MR) is 130 cm³/mol. The summed E-state index contributed by atoms with van der Waals surface area (Å²) in [6.07, 6.45) is 5.75. The van der Waals surface area contributed by atoms with Crippen LogP contribution in [0.1, 0.15) is 68.8 Å². The zero-order valence-electron chi connectivity index (χ0n) is 18.9. The Bertz CT molecular complexity index is 961. The molecule has 0 bridgehead atoms. The van der Waals surface area contributed by atoms with E-state index in [1.54, 1.807) is 11.8 Å². The van der Waals surface area contributed by atoms with Gasteiger partial charge in [0.15, 0.2) is 0 Å². The van der Waals surface area contributed by atoms with Crippen molar-refractivity contribution >= 4 is 29.1 Å². The van der Waals surface area contributed by atoms with Gasteiger partial charge in [-0.05, 0) is 63.8 Å². The summed E-state index contributed by atoms with van der Waals surface area (Å²) >= 11 is 1.73. The van der Waals surface area contributed by atoms with Crippen molar-refractivity contribution in [1.29, 1.82) is 0 Å². The number of nitrogens with one attached hydrogen (secondary N) is 1. The van der Waals surface area contributed by atoms with Gasteiger partial charge in [-0.2, -0.15) is 0 Å². The summed E-state index contributed by atoms with van der Waals surface area (Å²) in [7, 11) is 0. The van der Waals surface area contributed by atoms with Crippen LogP contribution in [0.25, 0.3) is 0 Å². The maximum atomic E-state index is 12.8. The molecular weight excluding hydrogens is 402 g/mol. The lowest BCUT2D eigenvalue weighted by Crippen LogP contribution is -2.44. The Morgan fingerprint density at radius 1 is 1.13 bits per heavy atom. The van der Waals surface area contributed by atoms with E-state index in [4.69, 9.17) is 4.99 Å². The van der Waals surface area contributed by atoms with Gasteiger partial charge in [-0.3, -0.25) is 14.7 Å². The van der Waals surface area contributed by atoms with Crippen molar-refractivity contribution in [3.63, 3.8) is 0 Å². The molecule has 0 spiro atoms. The minimum Gasteiger partial charge on any atom is -0.352 e. The number of rotatable bonds is 6. The summed E-state index contributed by atoms with van der Waals surface area (Å²) in [6, 6.07) is 15.6. The first-order chi connectivity index (χ1) is 15.1. The predicted octanol–water partition coefficient (Wildman–Crippen LogP) is 6.06. The number of nitrogens with zero attached hydrogens (tertiary/aromatic N) is 2. The van der Waals surface area contributed by atoms with Crippen LogP contribution in [0.5, 0.6) is 0 Å². The fourth-order valence-corrected chi connectivity index (χ4v) is 5.73. The van der Waals surface area contributed by atoms with Crippen molar-refractivity contribution in [1.82, 2.24) is 10.2 Å². The van der Waals surface area contributed by atoms with Gasteiger partial charge in [-0.1, -0.05) is 43.3 Å². The van der Waals surface area contributed by atoms with Crippen LogP contribution in [-0.4, -0.2) is 41.7 Å². The molecule has 2 aliphatic heterocycles. The molecule has 31 heavy (non-hydrogen) atoms. The van der Waals surface area contributed by atoms with Gasteiger partial charge in [-0.25, -0.2) is 0 Å². The zero-order valence-corrected chi connectivity index (χ0v) is 19.7. The van der Waals surface area contributed by atoms with E-state index in [1.807, 2.05) is 18.2 Å². The maximum absolute atomic E-state index is 12.8. The molecule has 1 amide bonds. The maximum Gasteiger partial charge on any atom is 0.251 e. The Hall–Kier alpha value is -2.11. The summed E-state index contributed by atoms with van der Waals surface area (Å²) in [5.41, 5.74) is 3.84. The highest BCUT2D eigenvalue weighted by Crippen LogP contribution is 2.41. The van der Waals surface area contributed by atoms with Gasteiger partial charge in [0.2, 0.25) is 0 Å². The molecule has 1 saturated heterocycles. The summed E-state index contributed by atoms with van der Waals surface area (Å²) in [5.74, 6) is -0.0115. The molecule has 4 nitrogen and oxygen atoms in total. The number of amides is 1. The molecule has 0 aromatic heterocycles. The molecule has 0 radical (unpaired) electrons. The van der Waals surface area contributed by atoms with Crippen LogP contribution in [0, 0.1) is 0 Å². The molecule has 2 aliphatic rings. The summed E-state index contributed by atoms with van der Waals surface area (Å²) in [6.45, 7) is 8.53. The number of hydrogen-bond donors (Lipinski definition) is 1. The van der Waals surface area contributed by atoms with Gasteiger partial charge < -0.3 is 5.32 Å². The molecule has 1 fully saturated rings. The van der Waals surface area contributed by atoms with E-state index in [-0.39, 0.29) is 5.91 Å². The summed E-state index contributed by atoms with van der Waals surface area (Å²) in [5, 5.41) is 3.11. The topological polar surface area (TPSA) is 44.7 Å². The van der Waals surface area contributed by atoms with Crippen LogP contribution in [0.3, 0.4) is 0 Å². The standard InChI is InChI=1S/C26H33N3OS/c1-4-22-21-11-5-6-12-24(21)31-25-14-13-20(17-23(25)28-22)26(30)27-15-8-16-29-18(2)9-7-10-19(29)3/h5-6,11-14,17-19H,4,7-10,15-16H2,1-3H3,(H,27,30)/t18-,19-/m0/s1. The lowest BCUT2D eigenvalue weighted by molar-refractivity contribution is 0.0925. The lowest BCUT2D eigenvalue weighted by atomic mass is 9.97. The fraction of sp³-hybridized carbons (Fsp3) is 0.462. The Kier molecular flexibility index (Phi) is 7.13. The van der Waals surface area contributed by atoms with Gasteiger partial charge >= 0.3 is 0 Å². The summed E-state index contributed by atoms with van der Waals surface area (Å²) < 4.78 is 0. The van der Waals surface area contributed by atoms with Crippen LogP contribution in [-0.2, 0) is 0 Å². The third-order valence-corrected chi connectivity index (χ3v) is 7.63.